The summed E-state index contributed by atoms with van der Waals surface area (Å²) in [4.78, 5) is 0. The number of fused-ring (bicyclic) bond motifs is 3. The third kappa shape index (κ3) is 3.51. The Kier molecular flexibility index (Phi) is 5.57. The maximum Gasteiger partial charge on any atom is 0.217 e. The van der Waals surface area contributed by atoms with Crippen LogP contribution < -0.4 is 23.7 Å². The highest BCUT2D eigenvalue weighted by Crippen LogP contribution is 2.52. The van der Waals surface area contributed by atoms with Gasteiger partial charge >= 0.3 is 0 Å². The number of hydrogen-bond acceptors (Lipinski definition) is 8. The molecule has 3 aromatic carbocycles. The number of phenolic OH excluding ortho intramolecular Hbond substituents is 1. The summed E-state index contributed by atoms with van der Waals surface area (Å²) in [6.07, 6.45) is -0.0448. The Hall–Kier alpha value is -4.07. The van der Waals surface area contributed by atoms with E-state index in [0.717, 1.165) is 16.8 Å². The standard InChI is InChI=1S/C26H26N2O6/c1-30-15-8-10-22(29)18(12-15)20-14-21-17-6-5-7-24(33-4)25(17)34-26(28(21)27-20)19-13-16(31-2)9-11-23(19)32-3/h5-13,21,26,29H,14H2,1-4H3/t21-,26+/m0/s1. The van der Waals surface area contributed by atoms with Gasteiger partial charge in [-0.25, -0.2) is 5.01 Å². The first kappa shape index (κ1) is 21.8. The molecule has 1 N–H and O–H groups in total. The highest BCUT2D eigenvalue weighted by Gasteiger charge is 2.43. The lowest BCUT2D eigenvalue weighted by molar-refractivity contribution is -0.0223. The second kappa shape index (κ2) is 8.70. The van der Waals surface area contributed by atoms with Gasteiger partial charge in [0.15, 0.2) is 11.5 Å². The molecule has 0 saturated carbocycles. The summed E-state index contributed by atoms with van der Waals surface area (Å²) in [6, 6.07) is 16.4. The summed E-state index contributed by atoms with van der Waals surface area (Å²) in [6.45, 7) is 0. The van der Waals surface area contributed by atoms with Crippen LogP contribution in [0.5, 0.6) is 34.5 Å². The molecular weight excluding hydrogens is 436 g/mol. The number of phenols is 1. The second-order valence-corrected chi connectivity index (χ2v) is 7.99. The first-order chi connectivity index (χ1) is 16.6. The molecule has 0 radical (unpaired) electrons. The summed E-state index contributed by atoms with van der Waals surface area (Å²) in [5.41, 5.74) is 3.07. The Morgan fingerprint density at radius 1 is 0.853 bits per heavy atom. The fraction of sp³-hybridized carbons (Fsp3) is 0.269. The van der Waals surface area contributed by atoms with Crippen LogP contribution >= 0.6 is 0 Å². The van der Waals surface area contributed by atoms with Crippen molar-refractivity contribution in [2.75, 3.05) is 28.4 Å². The van der Waals surface area contributed by atoms with E-state index >= 15 is 0 Å². The zero-order valence-corrected chi connectivity index (χ0v) is 19.4. The smallest absolute Gasteiger partial charge is 0.217 e. The van der Waals surface area contributed by atoms with Gasteiger partial charge in [0.05, 0.1) is 45.8 Å². The van der Waals surface area contributed by atoms with Crippen molar-refractivity contribution in [3.63, 3.8) is 0 Å². The van der Waals surface area contributed by atoms with E-state index in [1.165, 1.54) is 0 Å². The molecule has 3 aromatic rings. The van der Waals surface area contributed by atoms with Crippen LogP contribution in [0.1, 0.15) is 35.4 Å². The largest absolute Gasteiger partial charge is 0.507 e. The molecule has 34 heavy (non-hydrogen) atoms. The van der Waals surface area contributed by atoms with Crippen molar-refractivity contribution in [3.05, 3.63) is 71.3 Å². The Morgan fingerprint density at radius 3 is 2.32 bits per heavy atom. The van der Waals surface area contributed by atoms with Gasteiger partial charge in [0, 0.05) is 17.5 Å². The van der Waals surface area contributed by atoms with Gasteiger partial charge in [-0.05, 0) is 42.5 Å². The molecule has 8 heteroatoms. The van der Waals surface area contributed by atoms with E-state index in [-0.39, 0.29) is 11.8 Å². The van der Waals surface area contributed by atoms with Gasteiger partial charge in [-0.1, -0.05) is 12.1 Å². The molecule has 0 bridgehead atoms. The second-order valence-electron chi connectivity index (χ2n) is 7.99. The monoisotopic (exact) mass is 462 g/mol. The van der Waals surface area contributed by atoms with Crippen molar-refractivity contribution in [2.45, 2.75) is 18.7 Å². The third-order valence-corrected chi connectivity index (χ3v) is 6.22. The molecule has 2 aliphatic rings. The Labute approximate surface area is 197 Å². The lowest BCUT2D eigenvalue weighted by Crippen LogP contribution is -2.34. The van der Waals surface area contributed by atoms with Crippen LogP contribution in [0, 0.1) is 0 Å². The minimum absolute atomic E-state index is 0.139. The van der Waals surface area contributed by atoms with Crippen molar-refractivity contribution in [1.29, 1.82) is 0 Å². The van der Waals surface area contributed by atoms with Crippen molar-refractivity contribution in [2.24, 2.45) is 5.10 Å². The predicted octanol–water partition coefficient (Wildman–Crippen LogP) is 4.67. The molecule has 0 spiro atoms. The highest BCUT2D eigenvalue weighted by atomic mass is 16.5. The van der Waals surface area contributed by atoms with Crippen molar-refractivity contribution < 1.29 is 28.8 Å². The van der Waals surface area contributed by atoms with E-state index in [1.807, 2.05) is 41.4 Å². The SMILES string of the molecule is COc1ccc(O)c(C2=NN3[C@@H](c4cc(OC)ccc4OC)Oc4c(OC)cccc4[C@@H]3C2)c1. The molecule has 0 amide bonds. The Bertz CT molecular complexity index is 1260. The average molecular weight is 463 g/mol. The third-order valence-electron chi connectivity index (χ3n) is 6.22. The minimum Gasteiger partial charge on any atom is -0.507 e. The highest BCUT2D eigenvalue weighted by molar-refractivity contribution is 6.04. The van der Waals surface area contributed by atoms with Gasteiger partial charge in [-0.2, -0.15) is 5.10 Å². The van der Waals surface area contributed by atoms with Gasteiger partial charge in [-0.15, -0.1) is 0 Å². The molecule has 0 fully saturated rings. The van der Waals surface area contributed by atoms with Crippen molar-refractivity contribution in [1.82, 2.24) is 5.01 Å². The van der Waals surface area contributed by atoms with E-state index < -0.39 is 6.23 Å². The summed E-state index contributed by atoms with van der Waals surface area (Å²) in [7, 11) is 6.45. The van der Waals surface area contributed by atoms with Gasteiger partial charge in [0.1, 0.15) is 23.0 Å². The molecule has 2 heterocycles. The van der Waals surface area contributed by atoms with Gasteiger partial charge < -0.3 is 28.8 Å². The normalized spacial score (nSPS) is 18.4. The maximum absolute atomic E-state index is 10.6. The zero-order chi connectivity index (χ0) is 23.8. The predicted molar refractivity (Wildman–Crippen MR) is 126 cm³/mol. The molecule has 0 unspecified atom stereocenters. The van der Waals surface area contributed by atoms with Crippen molar-refractivity contribution >= 4 is 5.71 Å². The zero-order valence-electron chi connectivity index (χ0n) is 19.4. The number of hydrazone groups is 1. The molecule has 2 atom stereocenters. The van der Waals surface area contributed by atoms with E-state index in [4.69, 9.17) is 28.8 Å². The number of rotatable bonds is 6. The van der Waals surface area contributed by atoms with E-state index in [1.54, 1.807) is 46.6 Å². The number of nitrogens with zero attached hydrogens (tertiary/aromatic N) is 2. The van der Waals surface area contributed by atoms with Crippen LogP contribution in [0.15, 0.2) is 59.7 Å². The molecule has 5 rings (SSSR count). The van der Waals surface area contributed by atoms with Crippen LogP contribution in [-0.4, -0.2) is 44.3 Å². The number of para-hydroxylation sites is 1. The fourth-order valence-electron chi connectivity index (χ4n) is 4.52. The van der Waals surface area contributed by atoms with Gasteiger partial charge in [-0.3, -0.25) is 0 Å². The van der Waals surface area contributed by atoms with Crippen LogP contribution in [0.25, 0.3) is 0 Å². The molecular formula is C26H26N2O6. The average Bonchev–Trinajstić information content (AvgIpc) is 3.33. The van der Waals surface area contributed by atoms with Crippen LogP contribution in [0.4, 0.5) is 0 Å². The molecule has 0 aromatic heterocycles. The minimum atomic E-state index is -0.607. The fourth-order valence-corrected chi connectivity index (χ4v) is 4.52. The number of ether oxygens (including phenoxy) is 5. The Balaban J connectivity index is 1.67. The van der Waals surface area contributed by atoms with E-state index in [0.29, 0.717) is 40.7 Å². The number of benzene rings is 3. The lowest BCUT2D eigenvalue weighted by atomic mass is 9.95. The maximum atomic E-state index is 10.6. The van der Waals surface area contributed by atoms with E-state index in [9.17, 15) is 5.11 Å². The summed E-state index contributed by atoms with van der Waals surface area (Å²) in [5.74, 6) is 3.41. The topological polar surface area (TPSA) is 82.0 Å². The summed E-state index contributed by atoms with van der Waals surface area (Å²) < 4.78 is 28.6. The lowest BCUT2D eigenvalue weighted by Gasteiger charge is -2.39. The number of aromatic hydroxyl groups is 1. The molecule has 0 saturated heterocycles. The Morgan fingerprint density at radius 2 is 1.59 bits per heavy atom. The first-order valence-electron chi connectivity index (χ1n) is 10.9. The first-order valence-corrected chi connectivity index (χ1v) is 10.9. The van der Waals surface area contributed by atoms with Crippen LogP contribution in [0.3, 0.4) is 0 Å². The van der Waals surface area contributed by atoms with Gasteiger partial charge in [0.2, 0.25) is 6.23 Å². The quantitative estimate of drug-likeness (QED) is 0.570. The molecule has 0 aliphatic carbocycles. The van der Waals surface area contributed by atoms with Crippen LogP contribution in [-0.2, 0) is 0 Å². The summed E-state index contributed by atoms with van der Waals surface area (Å²) in [5, 5.41) is 17.4. The summed E-state index contributed by atoms with van der Waals surface area (Å²) >= 11 is 0. The number of hydrogen-bond donors (Lipinski definition) is 1. The van der Waals surface area contributed by atoms with E-state index in [2.05, 4.69) is 0 Å². The molecule has 8 nitrogen and oxygen atoms in total. The van der Waals surface area contributed by atoms with Gasteiger partial charge in [0.25, 0.3) is 0 Å². The molecule has 176 valence electrons. The van der Waals surface area contributed by atoms with Crippen molar-refractivity contribution in [3.8, 4) is 34.5 Å². The molecule has 2 aliphatic heterocycles. The number of methoxy groups -OCH3 is 4. The van der Waals surface area contributed by atoms with Crippen LogP contribution in [0.2, 0.25) is 0 Å².